The molecule has 3 rings (SSSR count). The lowest BCUT2D eigenvalue weighted by molar-refractivity contribution is -0.135. The van der Waals surface area contributed by atoms with Gasteiger partial charge in [-0.1, -0.05) is 23.4 Å². The van der Waals surface area contributed by atoms with Gasteiger partial charge in [-0.3, -0.25) is 9.59 Å². The first kappa shape index (κ1) is 18.0. The fraction of sp³-hybridized carbons (Fsp3) is 0.421. The molecule has 2 amide bonds. The number of amides is 2. The van der Waals surface area contributed by atoms with E-state index >= 15 is 0 Å². The van der Waals surface area contributed by atoms with E-state index in [-0.39, 0.29) is 11.8 Å². The van der Waals surface area contributed by atoms with Gasteiger partial charge in [-0.2, -0.15) is 0 Å². The number of aryl methyl sites for hydroxylation is 1. The molecule has 1 N–H and O–H groups in total. The Balaban J connectivity index is 1.76. The van der Waals surface area contributed by atoms with Crippen molar-refractivity contribution in [2.75, 3.05) is 32.5 Å². The molecular weight excluding hydrogens is 332 g/mol. The fourth-order valence-corrected chi connectivity index (χ4v) is 3.34. The van der Waals surface area contributed by atoms with E-state index in [1.165, 1.54) is 0 Å². The van der Waals surface area contributed by atoms with Crippen molar-refractivity contribution in [3.63, 3.8) is 0 Å². The van der Waals surface area contributed by atoms with E-state index in [1.807, 2.05) is 30.3 Å². The summed E-state index contributed by atoms with van der Waals surface area (Å²) < 4.78 is 5.00. The van der Waals surface area contributed by atoms with Crippen LogP contribution in [-0.4, -0.2) is 59.5 Å². The van der Waals surface area contributed by atoms with Crippen molar-refractivity contribution >= 4 is 17.5 Å². The lowest BCUT2D eigenvalue weighted by Gasteiger charge is -2.42. The molecule has 1 aromatic heterocycles. The topological polar surface area (TPSA) is 78.7 Å². The number of hydrogen-bond acceptors (Lipinski definition) is 5. The summed E-state index contributed by atoms with van der Waals surface area (Å²) in [5.41, 5.74) is 0.487. The number of para-hydroxylation sites is 1. The third kappa shape index (κ3) is 3.56. The van der Waals surface area contributed by atoms with Gasteiger partial charge in [0.25, 0.3) is 5.91 Å². The average molecular weight is 356 g/mol. The van der Waals surface area contributed by atoms with Crippen LogP contribution in [0.3, 0.4) is 0 Å². The minimum absolute atomic E-state index is 0.0192. The Hall–Kier alpha value is -2.83. The first-order valence-electron chi connectivity index (χ1n) is 8.69. The number of aromatic nitrogens is 1. The molecule has 1 aromatic carbocycles. The van der Waals surface area contributed by atoms with E-state index in [1.54, 1.807) is 36.9 Å². The quantitative estimate of drug-likeness (QED) is 0.908. The third-order valence-electron chi connectivity index (χ3n) is 4.72. The normalized spacial score (nSPS) is 16.2. The number of likely N-dealkylation sites (tertiary alicyclic amines) is 1. The molecule has 0 aliphatic carbocycles. The van der Waals surface area contributed by atoms with E-state index in [0.29, 0.717) is 37.4 Å². The van der Waals surface area contributed by atoms with Gasteiger partial charge in [-0.25, -0.2) is 0 Å². The first-order valence-corrected chi connectivity index (χ1v) is 8.69. The number of carbonyl (C=O) groups excluding carboxylic acids is 2. The second kappa shape index (κ2) is 7.19. The van der Waals surface area contributed by atoms with Gasteiger partial charge in [-0.15, -0.1) is 0 Å². The van der Waals surface area contributed by atoms with Crippen LogP contribution in [0.5, 0.6) is 0 Å². The minimum atomic E-state index is -0.721. The van der Waals surface area contributed by atoms with Crippen LogP contribution in [-0.2, 0) is 4.79 Å². The van der Waals surface area contributed by atoms with E-state index in [2.05, 4.69) is 10.5 Å². The highest BCUT2D eigenvalue weighted by Crippen LogP contribution is 2.29. The molecule has 0 atom stereocenters. The van der Waals surface area contributed by atoms with Gasteiger partial charge in [0.2, 0.25) is 5.91 Å². The molecule has 0 bridgehead atoms. The monoisotopic (exact) mass is 356 g/mol. The zero-order chi connectivity index (χ0) is 18.7. The summed E-state index contributed by atoms with van der Waals surface area (Å²) in [6, 6.07) is 11.3. The smallest absolute Gasteiger partial charge is 0.276 e. The SMILES string of the molecule is Cc1cc(C(=O)N2CCC(Nc3ccccc3)(C(=O)N(C)C)CC2)no1. The molecule has 2 aromatic rings. The van der Waals surface area contributed by atoms with Gasteiger partial charge in [-0.05, 0) is 31.9 Å². The molecule has 0 unspecified atom stereocenters. The molecule has 1 saturated heterocycles. The first-order chi connectivity index (χ1) is 12.4. The Morgan fingerprint density at radius 3 is 2.38 bits per heavy atom. The average Bonchev–Trinajstić information content (AvgIpc) is 3.08. The van der Waals surface area contributed by atoms with Gasteiger partial charge >= 0.3 is 0 Å². The van der Waals surface area contributed by atoms with Gasteiger partial charge in [0.1, 0.15) is 11.3 Å². The molecule has 7 heteroatoms. The van der Waals surface area contributed by atoms with Crippen molar-refractivity contribution in [2.45, 2.75) is 25.3 Å². The van der Waals surface area contributed by atoms with Crippen LogP contribution in [0, 0.1) is 6.92 Å². The van der Waals surface area contributed by atoms with Gasteiger partial charge in [0, 0.05) is 38.9 Å². The summed E-state index contributed by atoms with van der Waals surface area (Å²) >= 11 is 0. The number of nitrogens with zero attached hydrogens (tertiary/aromatic N) is 3. The second-order valence-corrected chi connectivity index (χ2v) is 6.89. The summed E-state index contributed by atoms with van der Waals surface area (Å²) in [7, 11) is 3.51. The maximum Gasteiger partial charge on any atom is 0.276 e. The molecule has 0 spiro atoms. The predicted molar refractivity (Wildman–Crippen MR) is 97.9 cm³/mol. The van der Waals surface area contributed by atoms with Crippen LogP contribution in [0.25, 0.3) is 0 Å². The van der Waals surface area contributed by atoms with Crippen molar-refractivity contribution in [1.82, 2.24) is 15.0 Å². The van der Waals surface area contributed by atoms with E-state index in [4.69, 9.17) is 4.52 Å². The highest BCUT2D eigenvalue weighted by atomic mass is 16.5. The van der Waals surface area contributed by atoms with Crippen LogP contribution in [0.1, 0.15) is 29.1 Å². The Kier molecular flexibility index (Phi) is 4.97. The van der Waals surface area contributed by atoms with Crippen LogP contribution in [0.15, 0.2) is 40.9 Å². The molecule has 1 fully saturated rings. The van der Waals surface area contributed by atoms with E-state index in [0.717, 1.165) is 5.69 Å². The lowest BCUT2D eigenvalue weighted by Crippen LogP contribution is -2.58. The summed E-state index contributed by atoms with van der Waals surface area (Å²) in [5, 5.41) is 7.22. The van der Waals surface area contributed by atoms with Gasteiger partial charge in [0.05, 0.1) is 0 Å². The number of carbonyl (C=O) groups is 2. The molecular formula is C19H24N4O3. The fourth-order valence-electron chi connectivity index (χ4n) is 3.34. The van der Waals surface area contributed by atoms with Gasteiger partial charge in [0.15, 0.2) is 5.69 Å². The molecule has 26 heavy (non-hydrogen) atoms. The molecule has 2 heterocycles. The highest BCUT2D eigenvalue weighted by Gasteiger charge is 2.43. The summed E-state index contributed by atoms with van der Waals surface area (Å²) in [5.74, 6) is 0.464. The molecule has 138 valence electrons. The highest BCUT2D eigenvalue weighted by molar-refractivity contribution is 5.93. The zero-order valence-corrected chi connectivity index (χ0v) is 15.4. The summed E-state index contributed by atoms with van der Waals surface area (Å²) in [4.78, 5) is 28.8. The number of piperidine rings is 1. The van der Waals surface area contributed by atoms with Crippen molar-refractivity contribution in [1.29, 1.82) is 0 Å². The molecule has 7 nitrogen and oxygen atoms in total. The number of likely N-dealkylation sites (N-methyl/N-ethyl adjacent to an activating group) is 1. The Morgan fingerprint density at radius 2 is 1.85 bits per heavy atom. The third-order valence-corrected chi connectivity index (χ3v) is 4.72. The largest absolute Gasteiger partial charge is 0.371 e. The molecule has 1 aliphatic heterocycles. The van der Waals surface area contributed by atoms with Crippen LogP contribution < -0.4 is 5.32 Å². The number of rotatable bonds is 4. The van der Waals surface area contributed by atoms with Crippen molar-refractivity contribution in [3.05, 3.63) is 47.9 Å². The van der Waals surface area contributed by atoms with Crippen molar-refractivity contribution in [3.8, 4) is 0 Å². The predicted octanol–water partition coefficient (Wildman–Crippen LogP) is 2.16. The zero-order valence-electron chi connectivity index (χ0n) is 15.4. The molecule has 0 saturated carbocycles. The van der Waals surface area contributed by atoms with Gasteiger partial charge < -0.3 is 19.6 Å². The number of nitrogens with one attached hydrogen (secondary N) is 1. The van der Waals surface area contributed by atoms with Crippen molar-refractivity contribution in [2.24, 2.45) is 0 Å². The Morgan fingerprint density at radius 1 is 1.19 bits per heavy atom. The summed E-state index contributed by atoms with van der Waals surface area (Å²) in [6.45, 7) is 2.71. The second-order valence-electron chi connectivity index (χ2n) is 6.89. The molecule has 0 radical (unpaired) electrons. The van der Waals surface area contributed by atoms with Crippen LogP contribution in [0.4, 0.5) is 5.69 Å². The Labute approximate surface area is 152 Å². The molecule has 1 aliphatic rings. The summed E-state index contributed by atoms with van der Waals surface area (Å²) in [6.07, 6.45) is 1.06. The standard InChI is InChI=1S/C19H24N4O3/c1-14-13-16(21-26-14)17(24)23-11-9-19(10-12-23,18(25)22(2)3)20-15-7-5-4-6-8-15/h4-8,13,20H,9-12H2,1-3H3. The Bertz CT molecular complexity index is 777. The van der Waals surface area contributed by atoms with Crippen LogP contribution in [0.2, 0.25) is 0 Å². The minimum Gasteiger partial charge on any atom is -0.371 e. The lowest BCUT2D eigenvalue weighted by atomic mass is 9.85. The number of hydrogen-bond donors (Lipinski definition) is 1. The number of anilines is 1. The van der Waals surface area contributed by atoms with E-state index < -0.39 is 5.54 Å². The maximum atomic E-state index is 12.9. The van der Waals surface area contributed by atoms with Crippen molar-refractivity contribution < 1.29 is 14.1 Å². The number of benzene rings is 1. The van der Waals surface area contributed by atoms with Crippen LogP contribution >= 0.6 is 0 Å². The maximum absolute atomic E-state index is 12.9. The van der Waals surface area contributed by atoms with E-state index in [9.17, 15) is 9.59 Å².